The molecule has 2 aromatic carbocycles. The summed E-state index contributed by atoms with van der Waals surface area (Å²) in [5, 5.41) is 9.30. The van der Waals surface area contributed by atoms with E-state index in [2.05, 4.69) is 34.5 Å². The quantitative estimate of drug-likeness (QED) is 0.807. The maximum Gasteiger partial charge on any atom is 0.227 e. The average molecular weight is 321 g/mol. The molecule has 24 heavy (non-hydrogen) atoms. The standard InChI is InChI=1S/C19H19N3O2/c23-19(12-14-5-6-15-3-1-2-4-16(15)11-14)22-9-10-24-13-18(22)17-7-8-20-21-17/h1-8,11,18H,9-10,12-13H2,(H,20,21)/t18-/m1/s1. The summed E-state index contributed by atoms with van der Waals surface area (Å²) in [6.07, 6.45) is 2.10. The van der Waals surface area contributed by atoms with Crippen molar-refractivity contribution in [3.05, 3.63) is 66.0 Å². The first-order valence-corrected chi connectivity index (χ1v) is 8.15. The third-order valence-corrected chi connectivity index (χ3v) is 4.50. The van der Waals surface area contributed by atoms with Gasteiger partial charge >= 0.3 is 0 Å². The van der Waals surface area contributed by atoms with Gasteiger partial charge in [-0.25, -0.2) is 0 Å². The van der Waals surface area contributed by atoms with Crippen molar-refractivity contribution < 1.29 is 9.53 Å². The molecule has 1 N–H and O–H groups in total. The molecule has 1 fully saturated rings. The Morgan fingerprint density at radius 1 is 1.21 bits per heavy atom. The summed E-state index contributed by atoms with van der Waals surface area (Å²) in [6.45, 7) is 1.69. The fourth-order valence-corrected chi connectivity index (χ4v) is 3.24. The van der Waals surface area contributed by atoms with E-state index in [9.17, 15) is 4.79 Å². The zero-order valence-corrected chi connectivity index (χ0v) is 13.3. The first-order valence-electron chi connectivity index (χ1n) is 8.15. The highest BCUT2D eigenvalue weighted by Crippen LogP contribution is 2.24. The molecular formula is C19H19N3O2. The predicted molar refractivity (Wildman–Crippen MR) is 91.5 cm³/mol. The van der Waals surface area contributed by atoms with Crippen LogP contribution in [0.4, 0.5) is 0 Å². The lowest BCUT2D eigenvalue weighted by atomic mass is 10.0. The molecule has 0 radical (unpaired) electrons. The number of amides is 1. The number of rotatable bonds is 3. The molecule has 0 saturated carbocycles. The van der Waals surface area contributed by atoms with E-state index in [-0.39, 0.29) is 11.9 Å². The summed E-state index contributed by atoms with van der Waals surface area (Å²) in [5.74, 6) is 0.119. The average Bonchev–Trinajstić information content (AvgIpc) is 3.16. The Balaban J connectivity index is 1.55. The number of H-pyrrole nitrogens is 1. The molecule has 3 aromatic rings. The highest BCUT2D eigenvalue weighted by atomic mass is 16.5. The number of morpholine rings is 1. The molecule has 1 aliphatic rings. The topological polar surface area (TPSA) is 58.2 Å². The van der Waals surface area contributed by atoms with Crippen molar-refractivity contribution in [1.29, 1.82) is 0 Å². The minimum absolute atomic E-state index is 0.0887. The summed E-state index contributed by atoms with van der Waals surface area (Å²) in [6, 6.07) is 16.2. The van der Waals surface area contributed by atoms with Crippen molar-refractivity contribution >= 4 is 16.7 Å². The van der Waals surface area contributed by atoms with Crippen LogP contribution in [0.15, 0.2) is 54.7 Å². The van der Waals surface area contributed by atoms with Gasteiger partial charge in [-0.3, -0.25) is 9.89 Å². The number of ether oxygens (including phenoxy) is 1. The summed E-state index contributed by atoms with van der Waals surface area (Å²) in [4.78, 5) is 14.7. The smallest absolute Gasteiger partial charge is 0.227 e. The molecule has 0 aliphatic carbocycles. The Labute approximate surface area is 140 Å². The van der Waals surface area contributed by atoms with Gasteiger partial charge in [-0.05, 0) is 22.4 Å². The van der Waals surface area contributed by atoms with Gasteiger partial charge < -0.3 is 9.64 Å². The normalized spacial score (nSPS) is 18.0. The lowest BCUT2D eigenvalue weighted by Crippen LogP contribution is -2.44. The molecule has 1 aliphatic heterocycles. The molecule has 1 atom stereocenters. The van der Waals surface area contributed by atoms with Crippen LogP contribution in [-0.4, -0.2) is 40.8 Å². The molecule has 0 unspecified atom stereocenters. The second-order valence-corrected chi connectivity index (χ2v) is 6.05. The second-order valence-electron chi connectivity index (χ2n) is 6.05. The van der Waals surface area contributed by atoms with E-state index in [1.807, 2.05) is 29.2 Å². The number of carbonyl (C=O) groups is 1. The fourth-order valence-electron chi connectivity index (χ4n) is 3.24. The third kappa shape index (κ3) is 2.90. The molecule has 5 heteroatoms. The van der Waals surface area contributed by atoms with Gasteiger partial charge in [-0.1, -0.05) is 42.5 Å². The Morgan fingerprint density at radius 2 is 2.08 bits per heavy atom. The van der Waals surface area contributed by atoms with Crippen molar-refractivity contribution in [2.24, 2.45) is 0 Å². The van der Waals surface area contributed by atoms with Crippen LogP contribution in [0.2, 0.25) is 0 Å². The van der Waals surface area contributed by atoms with Gasteiger partial charge in [-0.2, -0.15) is 5.10 Å². The molecule has 0 spiro atoms. The number of fused-ring (bicyclic) bond motifs is 1. The Hall–Kier alpha value is -2.66. The molecule has 5 nitrogen and oxygen atoms in total. The van der Waals surface area contributed by atoms with Gasteiger partial charge in [0, 0.05) is 12.7 Å². The summed E-state index contributed by atoms with van der Waals surface area (Å²) < 4.78 is 5.55. The predicted octanol–water partition coefficient (Wildman–Crippen LogP) is 2.71. The summed E-state index contributed by atoms with van der Waals surface area (Å²) >= 11 is 0. The number of hydrogen-bond donors (Lipinski definition) is 1. The molecule has 122 valence electrons. The zero-order valence-electron chi connectivity index (χ0n) is 13.3. The Morgan fingerprint density at radius 3 is 2.92 bits per heavy atom. The molecule has 1 saturated heterocycles. The molecule has 0 bridgehead atoms. The van der Waals surface area contributed by atoms with Gasteiger partial charge in [0.15, 0.2) is 0 Å². The van der Waals surface area contributed by atoms with Crippen LogP contribution in [-0.2, 0) is 16.0 Å². The van der Waals surface area contributed by atoms with Crippen molar-refractivity contribution in [3.8, 4) is 0 Å². The number of aromatic nitrogens is 2. The van der Waals surface area contributed by atoms with Crippen LogP contribution in [0, 0.1) is 0 Å². The number of aromatic amines is 1. The number of hydrogen-bond acceptors (Lipinski definition) is 3. The van der Waals surface area contributed by atoms with Crippen molar-refractivity contribution in [3.63, 3.8) is 0 Å². The first kappa shape index (κ1) is 14.9. The largest absolute Gasteiger partial charge is 0.377 e. The maximum absolute atomic E-state index is 12.8. The van der Waals surface area contributed by atoms with Crippen LogP contribution in [0.3, 0.4) is 0 Å². The molecule has 1 aromatic heterocycles. The van der Waals surface area contributed by atoms with E-state index in [1.165, 1.54) is 5.39 Å². The number of nitrogens with zero attached hydrogens (tertiary/aromatic N) is 2. The highest BCUT2D eigenvalue weighted by molar-refractivity contribution is 5.85. The van der Waals surface area contributed by atoms with E-state index in [0.29, 0.717) is 26.2 Å². The number of nitrogens with one attached hydrogen (secondary N) is 1. The maximum atomic E-state index is 12.8. The van der Waals surface area contributed by atoms with Gasteiger partial charge in [0.1, 0.15) is 0 Å². The minimum atomic E-state index is -0.0887. The van der Waals surface area contributed by atoms with Gasteiger partial charge in [0.25, 0.3) is 0 Å². The van der Waals surface area contributed by atoms with Crippen LogP contribution < -0.4 is 0 Å². The third-order valence-electron chi connectivity index (χ3n) is 4.50. The lowest BCUT2D eigenvalue weighted by molar-refractivity contribution is -0.139. The Bertz CT molecular complexity index is 845. The van der Waals surface area contributed by atoms with Crippen molar-refractivity contribution in [2.75, 3.05) is 19.8 Å². The molecular weight excluding hydrogens is 302 g/mol. The molecule has 2 heterocycles. The van der Waals surface area contributed by atoms with Crippen LogP contribution in [0.25, 0.3) is 10.8 Å². The monoisotopic (exact) mass is 321 g/mol. The molecule has 4 rings (SSSR count). The lowest BCUT2D eigenvalue weighted by Gasteiger charge is -2.35. The minimum Gasteiger partial charge on any atom is -0.377 e. The van der Waals surface area contributed by atoms with E-state index in [4.69, 9.17) is 4.74 Å². The molecule has 1 amide bonds. The Kier molecular flexibility index (Phi) is 4.01. The SMILES string of the molecule is O=C(Cc1ccc2ccccc2c1)N1CCOC[C@@H]1c1ccn[nH]1. The summed E-state index contributed by atoms with van der Waals surface area (Å²) in [5.41, 5.74) is 1.95. The summed E-state index contributed by atoms with van der Waals surface area (Å²) in [7, 11) is 0. The van der Waals surface area contributed by atoms with Crippen LogP contribution in [0.5, 0.6) is 0 Å². The highest BCUT2D eigenvalue weighted by Gasteiger charge is 2.29. The zero-order chi connectivity index (χ0) is 16.4. The fraction of sp³-hybridized carbons (Fsp3) is 0.263. The van der Waals surface area contributed by atoms with E-state index < -0.39 is 0 Å². The van der Waals surface area contributed by atoms with Gasteiger partial charge in [0.2, 0.25) is 5.91 Å². The van der Waals surface area contributed by atoms with Gasteiger partial charge in [0.05, 0.1) is 31.4 Å². The van der Waals surface area contributed by atoms with Crippen LogP contribution >= 0.6 is 0 Å². The van der Waals surface area contributed by atoms with Crippen molar-refractivity contribution in [2.45, 2.75) is 12.5 Å². The number of benzene rings is 2. The van der Waals surface area contributed by atoms with E-state index in [0.717, 1.165) is 16.6 Å². The van der Waals surface area contributed by atoms with E-state index in [1.54, 1.807) is 6.20 Å². The second kappa shape index (κ2) is 6.45. The number of carbonyl (C=O) groups excluding carboxylic acids is 1. The van der Waals surface area contributed by atoms with Crippen LogP contribution in [0.1, 0.15) is 17.3 Å². The van der Waals surface area contributed by atoms with E-state index >= 15 is 0 Å². The van der Waals surface area contributed by atoms with Gasteiger partial charge in [-0.15, -0.1) is 0 Å². The first-order chi connectivity index (χ1) is 11.8. The van der Waals surface area contributed by atoms with Crippen molar-refractivity contribution in [1.82, 2.24) is 15.1 Å².